The molecule has 1 aliphatic rings. The molecule has 0 saturated heterocycles. The van der Waals surface area contributed by atoms with Crippen molar-refractivity contribution in [2.45, 2.75) is 39.0 Å². The van der Waals surface area contributed by atoms with Crippen LogP contribution in [0.5, 0.6) is 11.5 Å². The molecule has 1 aromatic heterocycles. The molecule has 0 bridgehead atoms. The second kappa shape index (κ2) is 6.58. The van der Waals surface area contributed by atoms with Crippen LogP contribution in [-0.2, 0) is 4.79 Å². The van der Waals surface area contributed by atoms with E-state index in [2.05, 4.69) is 10.3 Å². The average molecular weight is 332 g/mol. The maximum Gasteiger partial charge on any atom is 0.229 e. The highest BCUT2D eigenvalue weighted by molar-refractivity contribution is 7.16. The Balaban J connectivity index is 1.79. The van der Waals surface area contributed by atoms with E-state index in [4.69, 9.17) is 0 Å². The average Bonchev–Trinajstić information content (AvgIpc) is 2.88. The zero-order chi connectivity index (χ0) is 16.4. The van der Waals surface area contributed by atoms with Crippen LogP contribution >= 0.6 is 11.3 Å². The quantitative estimate of drug-likeness (QED) is 0.792. The fraction of sp³-hybridized carbons (Fsp3) is 0.412. The number of rotatable bonds is 3. The molecule has 1 saturated carbocycles. The fourth-order valence-corrected chi connectivity index (χ4v) is 3.82. The number of carbonyl (C=O) groups is 1. The van der Waals surface area contributed by atoms with Crippen molar-refractivity contribution < 1.29 is 15.0 Å². The second-order valence-corrected chi connectivity index (χ2v) is 7.15. The van der Waals surface area contributed by atoms with Crippen LogP contribution in [0.15, 0.2) is 18.2 Å². The van der Waals surface area contributed by atoms with Crippen LogP contribution in [0.2, 0.25) is 0 Å². The van der Waals surface area contributed by atoms with Crippen molar-refractivity contribution in [1.29, 1.82) is 0 Å². The van der Waals surface area contributed by atoms with Crippen molar-refractivity contribution in [2.24, 2.45) is 5.92 Å². The molecule has 5 nitrogen and oxygen atoms in total. The maximum atomic E-state index is 12.3. The SMILES string of the molecule is Cc1sc(NC(=O)C2CCCCC2)nc1-c1ccc(O)cc1O. The van der Waals surface area contributed by atoms with Gasteiger partial charge in [-0.25, -0.2) is 4.98 Å². The summed E-state index contributed by atoms with van der Waals surface area (Å²) in [7, 11) is 0. The van der Waals surface area contributed by atoms with Gasteiger partial charge in [0.1, 0.15) is 11.5 Å². The van der Waals surface area contributed by atoms with E-state index in [1.165, 1.54) is 29.9 Å². The highest BCUT2D eigenvalue weighted by atomic mass is 32.1. The summed E-state index contributed by atoms with van der Waals surface area (Å²) in [4.78, 5) is 17.7. The minimum Gasteiger partial charge on any atom is -0.508 e. The van der Waals surface area contributed by atoms with Gasteiger partial charge in [0.05, 0.1) is 5.69 Å². The van der Waals surface area contributed by atoms with Gasteiger partial charge < -0.3 is 15.5 Å². The molecule has 3 N–H and O–H groups in total. The highest BCUT2D eigenvalue weighted by Gasteiger charge is 2.22. The molecule has 122 valence electrons. The van der Waals surface area contributed by atoms with Crippen LogP contribution in [0.25, 0.3) is 11.3 Å². The molecule has 0 aliphatic heterocycles. The number of hydrogen-bond donors (Lipinski definition) is 3. The third-order valence-corrected chi connectivity index (χ3v) is 5.13. The van der Waals surface area contributed by atoms with Gasteiger partial charge in [0.2, 0.25) is 5.91 Å². The van der Waals surface area contributed by atoms with Gasteiger partial charge in [0.25, 0.3) is 0 Å². The topological polar surface area (TPSA) is 82.5 Å². The van der Waals surface area contributed by atoms with Crippen molar-refractivity contribution in [3.8, 4) is 22.8 Å². The number of benzene rings is 1. The molecule has 3 rings (SSSR count). The van der Waals surface area contributed by atoms with Crippen molar-refractivity contribution in [2.75, 3.05) is 5.32 Å². The van der Waals surface area contributed by atoms with Gasteiger partial charge in [0, 0.05) is 22.4 Å². The molecule has 0 spiro atoms. The Morgan fingerprint density at radius 1 is 1.26 bits per heavy atom. The standard InChI is InChI=1S/C17H20N2O3S/c1-10-15(13-8-7-12(20)9-14(13)21)18-17(23-10)19-16(22)11-5-3-2-4-6-11/h7-9,11,20-21H,2-6H2,1H3,(H,18,19,22). The van der Waals surface area contributed by atoms with Crippen molar-refractivity contribution in [1.82, 2.24) is 4.98 Å². The van der Waals surface area contributed by atoms with Crippen LogP contribution in [0.4, 0.5) is 5.13 Å². The first kappa shape index (κ1) is 15.8. The van der Waals surface area contributed by atoms with Crippen molar-refractivity contribution >= 4 is 22.4 Å². The number of thiazole rings is 1. The minimum atomic E-state index is -0.0245. The van der Waals surface area contributed by atoms with Gasteiger partial charge in [0.15, 0.2) is 5.13 Å². The van der Waals surface area contributed by atoms with Crippen LogP contribution in [0, 0.1) is 12.8 Å². The minimum absolute atomic E-state index is 0.00459. The number of amides is 1. The normalized spacial score (nSPS) is 15.5. The van der Waals surface area contributed by atoms with Crippen LogP contribution < -0.4 is 5.32 Å². The Bertz CT molecular complexity index is 721. The molecule has 0 atom stereocenters. The number of nitrogens with one attached hydrogen (secondary N) is 1. The summed E-state index contributed by atoms with van der Waals surface area (Å²) in [6.45, 7) is 1.90. The number of carbonyl (C=O) groups excluding carboxylic acids is 1. The summed E-state index contributed by atoms with van der Waals surface area (Å²) in [5.74, 6) is 0.104. The number of anilines is 1. The third kappa shape index (κ3) is 3.47. The number of aromatic nitrogens is 1. The number of phenols is 2. The Hall–Kier alpha value is -2.08. The summed E-state index contributed by atoms with van der Waals surface area (Å²) < 4.78 is 0. The van der Waals surface area contributed by atoms with Crippen LogP contribution in [0.3, 0.4) is 0 Å². The molecule has 1 aliphatic carbocycles. The first-order valence-corrected chi connectivity index (χ1v) is 8.67. The largest absolute Gasteiger partial charge is 0.508 e. The van der Waals surface area contributed by atoms with Gasteiger partial charge in [-0.05, 0) is 31.9 Å². The number of nitrogens with zero attached hydrogens (tertiary/aromatic N) is 1. The van der Waals surface area contributed by atoms with E-state index in [-0.39, 0.29) is 23.3 Å². The molecule has 1 amide bonds. The zero-order valence-electron chi connectivity index (χ0n) is 13.0. The Labute approximate surface area is 139 Å². The molecular weight excluding hydrogens is 312 g/mol. The molecular formula is C17H20N2O3S. The van der Waals surface area contributed by atoms with Crippen LogP contribution in [-0.4, -0.2) is 21.1 Å². The molecule has 23 heavy (non-hydrogen) atoms. The van der Waals surface area contributed by atoms with E-state index in [1.807, 2.05) is 6.92 Å². The third-order valence-electron chi connectivity index (χ3n) is 4.24. The fourth-order valence-electron chi connectivity index (χ4n) is 2.99. The lowest BCUT2D eigenvalue weighted by molar-refractivity contribution is -0.120. The Morgan fingerprint density at radius 2 is 2.00 bits per heavy atom. The Morgan fingerprint density at radius 3 is 2.70 bits per heavy atom. The van der Waals surface area contributed by atoms with Gasteiger partial charge in [-0.1, -0.05) is 19.3 Å². The van der Waals surface area contributed by atoms with Gasteiger partial charge in [-0.2, -0.15) is 0 Å². The Kier molecular flexibility index (Phi) is 4.52. The number of phenolic OH excluding ortho intramolecular Hbond substituents is 2. The maximum absolute atomic E-state index is 12.3. The number of hydrogen-bond acceptors (Lipinski definition) is 5. The molecule has 1 heterocycles. The number of aromatic hydroxyl groups is 2. The van der Waals surface area contributed by atoms with Gasteiger partial charge in [-0.15, -0.1) is 11.3 Å². The lowest BCUT2D eigenvalue weighted by atomic mass is 9.89. The monoisotopic (exact) mass is 332 g/mol. The summed E-state index contributed by atoms with van der Waals surface area (Å²) in [6, 6.07) is 4.42. The van der Waals surface area contributed by atoms with Crippen LogP contribution in [0.1, 0.15) is 37.0 Å². The molecule has 2 aromatic rings. The highest BCUT2D eigenvalue weighted by Crippen LogP contribution is 2.37. The lowest BCUT2D eigenvalue weighted by Gasteiger charge is -2.19. The van der Waals surface area contributed by atoms with E-state index in [0.717, 1.165) is 30.6 Å². The molecule has 1 aromatic carbocycles. The predicted molar refractivity (Wildman–Crippen MR) is 90.8 cm³/mol. The molecule has 0 radical (unpaired) electrons. The first-order valence-electron chi connectivity index (χ1n) is 7.85. The molecule has 1 fully saturated rings. The van der Waals surface area contributed by atoms with E-state index >= 15 is 0 Å². The molecule has 6 heteroatoms. The predicted octanol–water partition coefficient (Wildman–Crippen LogP) is 4.05. The van der Waals surface area contributed by atoms with Gasteiger partial charge in [-0.3, -0.25) is 4.79 Å². The van der Waals surface area contributed by atoms with E-state index in [9.17, 15) is 15.0 Å². The smallest absolute Gasteiger partial charge is 0.229 e. The summed E-state index contributed by atoms with van der Waals surface area (Å²) >= 11 is 1.40. The van der Waals surface area contributed by atoms with E-state index < -0.39 is 0 Å². The first-order chi connectivity index (χ1) is 11.0. The van der Waals surface area contributed by atoms with Gasteiger partial charge >= 0.3 is 0 Å². The van der Waals surface area contributed by atoms with E-state index in [0.29, 0.717) is 16.4 Å². The summed E-state index contributed by atoms with van der Waals surface area (Å²) in [6.07, 6.45) is 5.33. The molecule has 0 unspecified atom stereocenters. The number of aryl methyl sites for hydroxylation is 1. The summed E-state index contributed by atoms with van der Waals surface area (Å²) in [5.41, 5.74) is 1.18. The van der Waals surface area contributed by atoms with Crippen molar-refractivity contribution in [3.05, 3.63) is 23.1 Å². The zero-order valence-corrected chi connectivity index (χ0v) is 13.8. The summed E-state index contributed by atoms with van der Waals surface area (Å²) in [5, 5.41) is 22.8. The lowest BCUT2D eigenvalue weighted by Crippen LogP contribution is -2.24. The van der Waals surface area contributed by atoms with E-state index in [1.54, 1.807) is 6.07 Å². The van der Waals surface area contributed by atoms with Crippen molar-refractivity contribution in [3.63, 3.8) is 0 Å². The second-order valence-electron chi connectivity index (χ2n) is 5.95.